The van der Waals surface area contributed by atoms with Crippen LogP contribution >= 0.6 is 0 Å². The Morgan fingerprint density at radius 3 is 2.71 bits per heavy atom. The third-order valence-corrected chi connectivity index (χ3v) is 2.86. The number of aromatic nitrogens is 1. The Balaban J connectivity index is 2.10. The SMILES string of the molecule is CCOc1ccccc1CNc1cccnc1OC(C)C. The molecule has 0 spiro atoms. The van der Waals surface area contributed by atoms with Crippen LogP contribution < -0.4 is 14.8 Å². The maximum absolute atomic E-state index is 5.71. The highest BCUT2D eigenvalue weighted by Crippen LogP contribution is 2.24. The van der Waals surface area contributed by atoms with Gasteiger partial charge in [-0.3, -0.25) is 0 Å². The summed E-state index contributed by atoms with van der Waals surface area (Å²) in [6.45, 7) is 7.29. The topological polar surface area (TPSA) is 43.4 Å². The highest BCUT2D eigenvalue weighted by molar-refractivity contribution is 5.53. The molecule has 1 heterocycles. The van der Waals surface area contributed by atoms with E-state index in [2.05, 4.69) is 16.4 Å². The molecule has 4 heteroatoms. The molecule has 0 saturated carbocycles. The van der Waals surface area contributed by atoms with Crippen molar-refractivity contribution in [1.82, 2.24) is 4.98 Å². The molecule has 0 bridgehead atoms. The minimum absolute atomic E-state index is 0.0937. The summed E-state index contributed by atoms with van der Waals surface area (Å²) in [7, 11) is 0. The fourth-order valence-corrected chi connectivity index (χ4v) is 1.98. The molecule has 1 aromatic carbocycles. The molecule has 0 aliphatic carbocycles. The zero-order valence-corrected chi connectivity index (χ0v) is 12.8. The number of benzene rings is 1. The van der Waals surface area contributed by atoms with E-state index in [9.17, 15) is 0 Å². The first-order valence-electron chi connectivity index (χ1n) is 7.27. The van der Waals surface area contributed by atoms with Gasteiger partial charge in [-0.1, -0.05) is 18.2 Å². The van der Waals surface area contributed by atoms with Crippen molar-refractivity contribution in [3.63, 3.8) is 0 Å². The van der Waals surface area contributed by atoms with Gasteiger partial charge in [0.05, 0.1) is 18.4 Å². The molecule has 0 radical (unpaired) electrons. The van der Waals surface area contributed by atoms with Crippen molar-refractivity contribution in [1.29, 1.82) is 0 Å². The summed E-state index contributed by atoms with van der Waals surface area (Å²) in [5.74, 6) is 1.53. The van der Waals surface area contributed by atoms with E-state index in [0.29, 0.717) is 19.0 Å². The van der Waals surface area contributed by atoms with Crippen LogP contribution in [0.5, 0.6) is 11.6 Å². The first-order chi connectivity index (χ1) is 10.2. The largest absolute Gasteiger partial charge is 0.494 e. The van der Waals surface area contributed by atoms with E-state index in [-0.39, 0.29) is 6.10 Å². The van der Waals surface area contributed by atoms with Crippen LogP contribution in [0.1, 0.15) is 26.3 Å². The van der Waals surface area contributed by atoms with Crippen LogP contribution in [0, 0.1) is 0 Å². The highest BCUT2D eigenvalue weighted by atomic mass is 16.5. The van der Waals surface area contributed by atoms with Crippen molar-refractivity contribution < 1.29 is 9.47 Å². The Hall–Kier alpha value is -2.23. The Morgan fingerprint density at radius 1 is 1.14 bits per heavy atom. The summed E-state index contributed by atoms with van der Waals surface area (Å²) in [6, 6.07) is 11.9. The number of pyridine rings is 1. The molecule has 2 rings (SSSR count). The van der Waals surface area contributed by atoms with Crippen molar-refractivity contribution in [2.75, 3.05) is 11.9 Å². The van der Waals surface area contributed by atoms with Gasteiger partial charge < -0.3 is 14.8 Å². The van der Waals surface area contributed by atoms with Crippen molar-refractivity contribution in [3.05, 3.63) is 48.2 Å². The number of nitrogens with zero attached hydrogens (tertiary/aromatic N) is 1. The standard InChI is InChI=1S/C17H22N2O2/c1-4-20-16-10-6-5-8-14(16)12-19-15-9-7-11-18-17(15)21-13(2)3/h5-11,13,19H,4,12H2,1-3H3. The van der Waals surface area contributed by atoms with Gasteiger partial charge in [0.2, 0.25) is 5.88 Å². The minimum atomic E-state index is 0.0937. The van der Waals surface area contributed by atoms with E-state index in [0.717, 1.165) is 17.0 Å². The first-order valence-corrected chi connectivity index (χ1v) is 7.27. The average Bonchev–Trinajstić information content (AvgIpc) is 2.47. The predicted molar refractivity (Wildman–Crippen MR) is 84.9 cm³/mol. The molecular weight excluding hydrogens is 264 g/mol. The molecule has 21 heavy (non-hydrogen) atoms. The third kappa shape index (κ3) is 4.38. The van der Waals surface area contributed by atoms with Gasteiger partial charge in [-0.05, 0) is 39.0 Å². The van der Waals surface area contributed by atoms with E-state index in [1.807, 2.05) is 51.1 Å². The van der Waals surface area contributed by atoms with Crippen LogP contribution in [0.4, 0.5) is 5.69 Å². The van der Waals surface area contributed by atoms with Crippen LogP contribution in [0.15, 0.2) is 42.6 Å². The fraction of sp³-hybridized carbons (Fsp3) is 0.353. The van der Waals surface area contributed by atoms with Crippen LogP contribution in [0.25, 0.3) is 0 Å². The number of rotatable bonds is 7. The molecule has 0 amide bonds. The normalized spacial score (nSPS) is 10.5. The number of hydrogen-bond acceptors (Lipinski definition) is 4. The predicted octanol–water partition coefficient (Wildman–Crippen LogP) is 3.88. The van der Waals surface area contributed by atoms with E-state index < -0.39 is 0 Å². The van der Waals surface area contributed by atoms with Crippen molar-refractivity contribution in [2.45, 2.75) is 33.4 Å². The first kappa shape index (κ1) is 15.2. The molecular formula is C17H22N2O2. The van der Waals surface area contributed by atoms with Gasteiger partial charge in [0.25, 0.3) is 0 Å². The van der Waals surface area contributed by atoms with E-state index in [1.165, 1.54) is 0 Å². The Bertz CT molecular complexity index is 570. The lowest BCUT2D eigenvalue weighted by Gasteiger charge is -2.15. The van der Waals surface area contributed by atoms with Crippen molar-refractivity contribution in [2.24, 2.45) is 0 Å². The molecule has 0 unspecified atom stereocenters. The van der Waals surface area contributed by atoms with Gasteiger partial charge in [-0.25, -0.2) is 4.98 Å². The van der Waals surface area contributed by atoms with Crippen LogP contribution in [0.3, 0.4) is 0 Å². The zero-order valence-electron chi connectivity index (χ0n) is 12.8. The summed E-state index contributed by atoms with van der Waals surface area (Å²) in [6.07, 6.45) is 1.83. The lowest BCUT2D eigenvalue weighted by molar-refractivity contribution is 0.234. The molecule has 0 fully saturated rings. The molecule has 0 atom stereocenters. The monoisotopic (exact) mass is 286 g/mol. The maximum Gasteiger partial charge on any atom is 0.237 e. The van der Waals surface area contributed by atoms with Crippen LogP contribution in [-0.2, 0) is 6.54 Å². The Morgan fingerprint density at radius 2 is 1.95 bits per heavy atom. The quantitative estimate of drug-likeness (QED) is 0.839. The maximum atomic E-state index is 5.71. The van der Waals surface area contributed by atoms with Crippen molar-refractivity contribution in [3.8, 4) is 11.6 Å². The van der Waals surface area contributed by atoms with Crippen LogP contribution in [-0.4, -0.2) is 17.7 Å². The Labute approximate surface area is 126 Å². The molecule has 4 nitrogen and oxygen atoms in total. The Kier molecular flexibility index (Phi) is 5.43. The lowest BCUT2D eigenvalue weighted by atomic mass is 10.2. The van der Waals surface area contributed by atoms with Gasteiger partial charge in [0.15, 0.2) is 0 Å². The molecule has 2 aromatic rings. The second-order valence-electron chi connectivity index (χ2n) is 4.92. The highest BCUT2D eigenvalue weighted by Gasteiger charge is 2.08. The second kappa shape index (κ2) is 7.53. The summed E-state index contributed by atoms with van der Waals surface area (Å²) >= 11 is 0. The fourth-order valence-electron chi connectivity index (χ4n) is 1.98. The summed E-state index contributed by atoms with van der Waals surface area (Å²) in [4.78, 5) is 4.27. The van der Waals surface area contributed by atoms with E-state index in [1.54, 1.807) is 6.20 Å². The number of hydrogen-bond donors (Lipinski definition) is 1. The number of para-hydroxylation sites is 1. The molecule has 1 N–H and O–H groups in total. The summed E-state index contributed by atoms with van der Waals surface area (Å²) in [5, 5.41) is 3.37. The number of nitrogens with one attached hydrogen (secondary N) is 1. The second-order valence-corrected chi connectivity index (χ2v) is 4.92. The zero-order chi connectivity index (χ0) is 15.1. The van der Waals surface area contributed by atoms with Gasteiger partial charge in [0, 0.05) is 18.3 Å². The number of ether oxygens (including phenoxy) is 2. The minimum Gasteiger partial charge on any atom is -0.494 e. The average molecular weight is 286 g/mol. The number of anilines is 1. The van der Waals surface area contributed by atoms with Gasteiger partial charge in [-0.2, -0.15) is 0 Å². The van der Waals surface area contributed by atoms with E-state index in [4.69, 9.17) is 9.47 Å². The van der Waals surface area contributed by atoms with Gasteiger partial charge in [0.1, 0.15) is 5.75 Å². The van der Waals surface area contributed by atoms with Gasteiger partial charge >= 0.3 is 0 Å². The lowest BCUT2D eigenvalue weighted by Crippen LogP contribution is -2.10. The van der Waals surface area contributed by atoms with E-state index >= 15 is 0 Å². The molecule has 0 aliphatic heterocycles. The molecule has 112 valence electrons. The van der Waals surface area contributed by atoms with Gasteiger partial charge in [-0.15, -0.1) is 0 Å². The van der Waals surface area contributed by atoms with Crippen molar-refractivity contribution >= 4 is 5.69 Å². The third-order valence-electron chi connectivity index (χ3n) is 2.86. The van der Waals surface area contributed by atoms with Crippen LogP contribution in [0.2, 0.25) is 0 Å². The molecule has 0 aliphatic rings. The molecule has 1 aromatic heterocycles. The molecule has 0 saturated heterocycles. The summed E-state index contributed by atoms with van der Waals surface area (Å²) < 4.78 is 11.3. The summed E-state index contributed by atoms with van der Waals surface area (Å²) in [5.41, 5.74) is 2.00. The smallest absolute Gasteiger partial charge is 0.237 e.